The molecule has 114 valence electrons. The number of aromatic nitrogens is 2. The van der Waals surface area contributed by atoms with Crippen LogP contribution >= 0.6 is 11.3 Å². The molecule has 0 bridgehead atoms. The number of nitrogens with one attached hydrogen (secondary N) is 1. The van der Waals surface area contributed by atoms with E-state index in [1.54, 1.807) is 17.5 Å². The minimum atomic E-state index is -0.738. The molecular formula is C15H22N4OS. The summed E-state index contributed by atoms with van der Waals surface area (Å²) in [7, 11) is 3.91. The summed E-state index contributed by atoms with van der Waals surface area (Å²) >= 11 is 1.62. The van der Waals surface area contributed by atoms with Crippen LogP contribution in [0.5, 0.6) is 0 Å². The molecule has 0 amide bonds. The molecule has 5 nitrogen and oxygen atoms in total. The molecule has 2 aromatic rings. The van der Waals surface area contributed by atoms with Crippen LogP contribution in [0.3, 0.4) is 0 Å². The van der Waals surface area contributed by atoms with Crippen molar-refractivity contribution in [2.24, 2.45) is 0 Å². The van der Waals surface area contributed by atoms with Crippen LogP contribution in [0.15, 0.2) is 30.6 Å². The van der Waals surface area contributed by atoms with Crippen LogP contribution in [0, 0.1) is 0 Å². The zero-order chi connectivity index (χ0) is 15.3. The molecule has 1 unspecified atom stereocenters. The normalized spacial score (nSPS) is 14.3. The van der Waals surface area contributed by atoms with Crippen molar-refractivity contribution in [3.63, 3.8) is 0 Å². The molecule has 2 rings (SSSR count). The minimum absolute atomic E-state index is 0.544. The number of likely N-dealkylation sites (N-methyl/N-ethyl adjacent to an activating group) is 1. The molecule has 0 aliphatic rings. The van der Waals surface area contributed by atoms with Crippen molar-refractivity contribution in [1.82, 2.24) is 20.2 Å². The average molecular weight is 306 g/mol. The quantitative estimate of drug-likeness (QED) is 0.814. The van der Waals surface area contributed by atoms with Gasteiger partial charge in [0.25, 0.3) is 0 Å². The van der Waals surface area contributed by atoms with E-state index in [0.717, 1.165) is 15.6 Å². The first-order valence-corrected chi connectivity index (χ1v) is 7.72. The summed E-state index contributed by atoms with van der Waals surface area (Å²) in [5, 5.41) is 14.4. The highest BCUT2D eigenvalue weighted by atomic mass is 32.1. The van der Waals surface area contributed by atoms with Crippen molar-refractivity contribution in [3.05, 3.63) is 35.5 Å². The summed E-state index contributed by atoms with van der Waals surface area (Å²) in [4.78, 5) is 11.8. The molecule has 2 N–H and O–H groups in total. The number of thiazole rings is 1. The smallest absolute Gasteiger partial charge is 0.142 e. The Hall–Kier alpha value is -1.34. The number of pyridine rings is 1. The van der Waals surface area contributed by atoms with Crippen molar-refractivity contribution in [2.45, 2.75) is 19.1 Å². The molecule has 0 saturated carbocycles. The number of aliphatic hydroxyl groups is 1. The molecular weight excluding hydrogens is 284 g/mol. The summed E-state index contributed by atoms with van der Waals surface area (Å²) in [5.74, 6) is 0. The summed E-state index contributed by atoms with van der Waals surface area (Å²) in [6.07, 6.45) is 3.63. The average Bonchev–Trinajstić information content (AvgIpc) is 2.87. The second-order valence-corrected chi connectivity index (χ2v) is 6.80. The molecule has 21 heavy (non-hydrogen) atoms. The molecule has 0 aromatic carbocycles. The van der Waals surface area contributed by atoms with Crippen molar-refractivity contribution in [1.29, 1.82) is 0 Å². The molecule has 0 spiro atoms. The van der Waals surface area contributed by atoms with Crippen LogP contribution in [-0.4, -0.2) is 52.8 Å². The van der Waals surface area contributed by atoms with Crippen LogP contribution in [0.1, 0.15) is 11.8 Å². The maximum absolute atomic E-state index is 10.2. The van der Waals surface area contributed by atoms with Crippen LogP contribution in [-0.2, 0) is 6.54 Å². The zero-order valence-corrected chi connectivity index (χ0v) is 13.5. The van der Waals surface area contributed by atoms with Gasteiger partial charge in [-0.1, -0.05) is 6.07 Å². The van der Waals surface area contributed by atoms with Crippen molar-refractivity contribution in [2.75, 3.05) is 27.2 Å². The zero-order valence-electron chi connectivity index (χ0n) is 12.7. The van der Waals surface area contributed by atoms with Crippen molar-refractivity contribution < 1.29 is 5.11 Å². The molecule has 0 aliphatic heterocycles. The maximum Gasteiger partial charge on any atom is 0.142 e. The lowest BCUT2D eigenvalue weighted by atomic mass is 10.1. The van der Waals surface area contributed by atoms with Gasteiger partial charge < -0.3 is 15.3 Å². The van der Waals surface area contributed by atoms with Crippen LogP contribution in [0.2, 0.25) is 0 Å². The number of rotatable bonds is 7. The van der Waals surface area contributed by atoms with E-state index in [4.69, 9.17) is 0 Å². The number of hydrogen-bond donors (Lipinski definition) is 2. The third-order valence-corrected chi connectivity index (χ3v) is 3.92. The second kappa shape index (κ2) is 7.09. The predicted molar refractivity (Wildman–Crippen MR) is 86.2 cm³/mol. The minimum Gasteiger partial charge on any atom is -0.388 e. The first-order chi connectivity index (χ1) is 9.96. The van der Waals surface area contributed by atoms with E-state index < -0.39 is 5.60 Å². The van der Waals surface area contributed by atoms with Gasteiger partial charge in [-0.15, -0.1) is 11.3 Å². The Labute approximate surface area is 129 Å². The molecule has 0 fully saturated rings. The Balaban J connectivity index is 1.86. The van der Waals surface area contributed by atoms with Gasteiger partial charge in [-0.05, 0) is 33.2 Å². The molecule has 0 radical (unpaired) electrons. The fourth-order valence-corrected chi connectivity index (χ4v) is 3.05. The van der Waals surface area contributed by atoms with E-state index >= 15 is 0 Å². The van der Waals surface area contributed by atoms with Crippen molar-refractivity contribution >= 4 is 11.3 Å². The van der Waals surface area contributed by atoms with Gasteiger partial charge in [-0.25, -0.2) is 4.98 Å². The molecule has 0 aliphatic carbocycles. The molecule has 1 atom stereocenters. The van der Waals surface area contributed by atoms with Crippen LogP contribution < -0.4 is 5.32 Å². The first kappa shape index (κ1) is 16.0. The third kappa shape index (κ3) is 5.17. The highest BCUT2D eigenvalue weighted by Crippen LogP contribution is 2.22. The third-order valence-electron chi connectivity index (χ3n) is 2.90. The Morgan fingerprint density at radius 1 is 1.33 bits per heavy atom. The number of hydrogen-bond acceptors (Lipinski definition) is 6. The lowest BCUT2D eigenvalue weighted by molar-refractivity contribution is 0.0336. The van der Waals surface area contributed by atoms with Gasteiger partial charge in [0, 0.05) is 36.9 Å². The van der Waals surface area contributed by atoms with Gasteiger partial charge >= 0.3 is 0 Å². The van der Waals surface area contributed by atoms with Gasteiger partial charge in [0.2, 0.25) is 0 Å². The topological polar surface area (TPSA) is 61.3 Å². The Kier molecular flexibility index (Phi) is 5.41. The summed E-state index contributed by atoms with van der Waals surface area (Å²) in [6.45, 7) is 3.71. The highest BCUT2D eigenvalue weighted by Gasteiger charge is 2.20. The summed E-state index contributed by atoms with van der Waals surface area (Å²) < 4.78 is 0. The van der Waals surface area contributed by atoms with E-state index in [1.165, 1.54) is 0 Å². The molecule has 2 heterocycles. The van der Waals surface area contributed by atoms with Crippen LogP contribution in [0.4, 0.5) is 0 Å². The van der Waals surface area contributed by atoms with Gasteiger partial charge in [0.1, 0.15) is 5.01 Å². The fourth-order valence-electron chi connectivity index (χ4n) is 2.19. The second-order valence-electron chi connectivity index (χ2n) is 5.68. The van der Waals surface area contributed by atoms with E-state index in [-0.39, 0.29) is 0 Å². The van der Waals surface area contributed by atoms with E-state index in [9.17, 15) is 5.11 Å². The molecule has 6 heteroatoms. The Morgan fingerprint density at radius 3 is 2.81 bits per heavy atom. The Morgan fingerprint density at radius 2 is 2.14 bits per heavy atom. The van der Waals surface area contributed by atoms with Gasteiger partial charge in [0.15, 0.2) is 0 Å². The summed E-state index contributed by atoms with van der Waals surface area (Å²) in [6, 6.07) is 5.81. The fraction of sp³-hybridized carbons (Fsp3) is 0.467. The molecule has 0 saturated heterocycles. The van der Waals surface area contributed by atoms with Crippen molar-refractivity contribution in [3.8, 4) is 10.7 Å². The standard InChI is InChI=1S/C15H22N4OS/c1-15(20,11-19(2)3)10-16-8-12-9-18-14(21-12)13-6-4-5-7-17-13/h4-7,9,16,20H,8,10-11H2,1-3H3. The van der Waals surface area contributed by atoms with Gasteiger partial charge in [-0.2, -0.15) is 0 Å². The first-order valence-electron chi connectivity index (χ1n) is 6.90. The van der Waals surface area contributed by atoms with Crippen LogP contribution in [0.25, 0.3) is 10.7 Å². The van der Waals surface area contributed by atoms with E-state index in [2.05, 4.69) is 15.3 Å². The van der Waals surface area contributed by atoms with E-state index in [1.807, 2.05) is 50.3 Å². The largest absolute Gasteiger partial charge is 0.388 e. The predicted octanol–water partition coefficient (Wildman–Crippen LogP) is 1.61. The van der Waals surface area contributed by atoms with Gasteiger partial charge in [-0.3, -0.25) is 4.98 Å². The highest BCUT2D eigenvalue weighted by molar-refractivity contribution is 7.14. The maximum atomic E-state index is 10.2. The van der Waals surface area contributed by atoms with Gasteiger partial charge in [0.05, 0.1) is 11.3 Å². The lowest BCUT2D eigenvalue weighted by Crippen LogP contribution is -2.45. The number of nitrogens with zero attached hydrogens (tertiary/aromatic N) is 3. The monoisotopic (exact) mass is 306 g/mol. The summed E-state index contributed by atoms with van der Waals surface area (Å²) in [5.41, 5.74) is 0.159. The molecule has 2 aromatic heterocycles. The Bertz CT molecular complexity index is 554. The lowest BCUT2D eigenvalue weighted by Gasteiger charge is -2.27. The van der Waals surface area contributed by atoms with E-state index in [0.29, 0.717) is 19.6 Å². The SMILES string of the molecule is CN(C)CC(C)(O)CNCc1cnc(-c2ccccn2)s1.